The number of nitrogens with zero attached hydrogens (tertiary/aromatic N) is 1. The summed E-state index contributed by atoms with van der Waals surface area (Å²) in [6, 6.07) is 0. The summed E-state index contributed by atoms with van der Waals surface area (Å²) >= 11 is 3.70. The van der Waals surface area contributed by atoms with Gasteiger partial charge in [-0.1, -0.05) is 83.3 Å². The summed E-state index contributed by atoms with van der Waals surface area (Å²) in [5.74, 6) is 0. The molecule has 0 rings (SSSR count). The standard InChI is InChI=1S/C15H33N.CNS/c1-3-4-5-6-7-8-9-10-11-12-13-14-15-16-2;2-1-3/h16H,3-15H2,1-2H3;/q;-1/p+1. The average molecular weight is 287 g/mol. The van der Waals surface area contributed by atoms with Crippen LogP contribution in [0.4, 0.5) is 0 Å². The van der Waals surface area contributed by atoms with Crippen LogP contribution >= 0.6 is 12.2 Å². The van der Waals surface area contributed by atoms with E-state index in [4.69, 9.17) is 5.41 Å². The number of quaternary nitrogens is 1. The first kappa shape index (κ1) is 21.1. The Morgan fingerprint density at radius 2 is 1.11 bits per heavy atom. The zero-order valence-electron chi connectivity index (χ0n) is 13.1. The van der Waals surface area contributed by atoms with Gasteiger partial charge in [-0.05, 0) is 12.8 Å². The largest absolute Gasteiger partial charge is 0.753 e. The van der Waals surface area contributed by atoms with E-state index in [1.165, 1.54) is 88.8 Å². The van der Waals surface area contributed by atoms with Crippen molar-refractivity contribution in [1.29, 1.82) is 0 Å². The molecule has 0 spiro atoms. The Bertz CT molecular complexity index is 164. The third-order valence-corrected chi connectivity index (χ3v) is 3.35. The van der Waals surface area contributed by atoms with Crippen LogP contribution in [-0.4, -0.2) is 18.8 Å². The Labute approximate surface area is 126 Å². The summed E-state index contributed by atoms with van der Waals surface area (Å²) in [5, 5.41) is 10.8. The molecule has 0 bridgehead atoms. The van der Waals surface area contributed by atoms with Crippen molar-refractivity contribution in [1.82, 2.24) is 0 Å². The summed E-state index contributed by atoms with van der Waals surface area (Å²) in [6.07, 6.45) is 17.4. The highest BCUT2D eigenvalue weighted by molar-refractivity contribution is 7.78. The number of isothiocyanates is 1. The van der Waals surface area contributed by atoms with Crippen molar-refractivity contribution in [3.05, 3.63) is 5.41 Å². The van der Waals surface area contributed by atoms with Crippen LogP contribution in [0.1, 0.15) is 84.0 Å². The Kier molecular flexibility index (Phi) is 25.4. The molecule has 3 heteroatoms. The SMILES string of the molecule is CCCCCCCCCCCCCC[NH2+]C.[N-]=C=S. The first-order chi connectivity index (χ1) is 9.33. The fourth-order valence-electron chi connectivity index (χ4n) is 2.19. The van der Waals surface area contributed by atoms with E-state index in [1.807, 2.05) is 0 Å². The van der Waals surface area contributed by atoms with Crippen LogP contribution in [0.5, 0.6) is 0 Å². The fourth-order valence-corrected chi connectivity index (χ4v) is 2.19. The molecule has 0 aromatic carbocycles. The number of hydrogen-bond acceptors (Lipinski definition) is 1. The van der Waals surface area contributed by atoms with Crippen molar-refractivity contribution in [2.45, 2.75) is 84.0 Å². The van der Waals surface area contributed by atoms with Crippen LogP contribution < -0.4 is 5.32 Å². The predicted octanol–water partition coefficient (Wildman–Crippen LogP) is 4.54. The Hall–Kier alpha value is -0.240. The molecule has 0 aliphatic carbocycles. The minimum Gasteiger partial charge on any atom is -0.753 e. The maximum atomic E-state index is 7.13. The zero-order chi connectivity index (χ0) is 14.6. The molecule has 0 amide bonds. The van der Waals surface area contributed by atoms with E-state index in [2.05, 4.69) is 31.5 Å². The van der Waals surface area contributed by atoms with Gasteiger partial charge >= 0.3 is 0 Å². The third kappa shape index (κ3) is 27.1. The lowest BCUT2D eigenvalue weighted by atomic mass is 10.1. The Balaban J connectivity index is 0. The second-order valence-corrected chi connectivity index (χ2v) is 5.36. The van der Waals surface area contributed by atoms with E-state index in [9.17, 15) is 0 Å². The first-order valence-corrected chi connectivity index (χ1v) is 8.53. The first-order valence-electron chi connectivity index (χ1n) is 8.12. The van der Waals surface area contributed by atoms with Gasteiger partial charge in [-0.15, -0.1) is 0 Å². The Morgan fingerprint density at radius 1 is 0.789 bits per heavy atom. The second kappa shape index (κ2) is 22.9. The van der Waals surface area contributed by atoms with E-state index < -0.39 is 0 Å². The molecule has 0 saturated heterocycles. The quantitative estimate of drug-likeness (QED) is 0.301. The molecule has 0 radical (unpaired) electrons. The molecule has 0 aliphatic heterocycles. The minimum atomic E-state index is 1.32. The molecule has 114 valence electrons. The van der Waals surface area contributed by atoms with Gasteiger partial charge in [0, 0.05) is 0 Å². The van der Waals surface area contributed by atoms with Gasteiger partial charge in [0.1, 0.15) is 0 Å². The maximum Gasteiger partial charge on any atom is 0.0753 e. The molecule has 0 saturated carbocycles. The molecule has 0 aliphatic rings. The van der Waals surface area contributed by atoms with Gasteiger partial charge in [0.15, 0.2) is 0 Å². The van der Waals surface area contributed by atoms with Crippen LogP contribution in [0.3, 0.4) is 0 Å². The number of nitrogens with two attached hydrogens (primary N) is 1. The normalized spacial score (nSPS) is 9.58. The second-order valence-electron chi connectivity index (χ2n) is 5.18. The third-order valence-electron chi connectivity index (χ3n) is 3.35. The summed E-state index contributed by atoms with van der Waals surface area (Å²) in [5.41, 5.74) is 0. The van der Waals surface area contributed by atoms with Gasteiger partial charge in [-0.25, -0.2) is 0 Å². The molecule has 0 aromatic heterocycles. The van der Waals surface area contributed by atoms with E-state index in [-0.39, 0.29) is 0 Å². The van der Waals surface area contributed by atoms with Crippen molar-refractivity contribution in [3.8, 4) is 0 Å². The number of thiocarbonyl (C=S) groups is 1. The van der Waals surface area contributed by atoms with E-state index in [1.54, 1.807) is 0 Å². The van der Waals surface area contributed by atoms with Crippen LogP contribution in [-0.2, 0) is 0 Å². The van der Waals surface area contributed by atoms with E-state index in [0.29, 0.717) is 0 Å². The van der Waals surface area contributed by atoms with Crippen LogP contribution in [0.25, 0.3) is 5.41 Å². The van der Waals surface area contributed by atoms with E-state index in [0.717, 1.165) is 0 Å². The van der Waals surface area contributed by atoms with Crippen molar-refractivity contribution < 1.29 is 5.32 Å². The van der Waals surface area contributed by atoms with Gasteiger partial charge in [0.25, 0.3) is 0 Å². The lowest BCUT2D eigenvalue weighted by molar-refractivity contribution is -0.627. The summed E-state index contributed by atoms with van der Waals surface area (Å²) in [6.45, 7) is 3.60. The molecule has 0 heterocycles. The van der Waals surface area contributed by atoms with Gasteiger partial charge in [-0.2, -0.15) is 5.16 Å². The van der Waals surface area contributed by atoms with Gasteiger partial charge in [-0.3, -0.25) is 0 Å². The van der Waals surface area contributed by atoms with Gasteiger partial charge in [0.05, 0.1) is 13.6 Å². The van der Waals surface area contributed by atoms with Crippen molar-refractivity contribution >= 4 is 17.4 Å². The smallest absolute Gasteiger partial charge is 0.0753 e. The molecule has 0 aromatic rings. The predicted molar refractivity (Wildman–Crippen MR) is 89.8 cm³/mol. The molecular weight excluding hydrogens is 252 g/mol. The van der Waals surface area contributed by atoms with Crippen molar-refractivity contribution in [3.63, 3.8) is 0 Å². The molecular formula is C16H34N2S. The molecule has 0 fully saturated rings. The molecule has 2 nitrogen and oxygen atoms in total. The summed E-state index contributed by atoms with van der Waals surface area (Å²) in [7, 11) is 2.17. The highest BCUT2D eigenvalue weighted by Crippen LogP contribution is 2.11. The Morgan fingerprint density at radius 3 is 1.42 bits per heavy atom. The lowest BCUT2D eigenvalue weighted by Gasteiger charge is -2.02. The van der Waals surface area contributed by atoms with Gasteiger partial charge in [0.2, 0.25) is 0 Å². The number of unbranched alkanes of at least 4 members (excludes halogenated alkanes) is 11. The van der Waals surface area contributed by atoms with Gasteiger partial charge < -0.3 is 10.7 Å². The van der Waals surface area contributed by atoms with Crippen LogP contribution in [0, 0.1) is 0 Å². The molecule has 19 heavy (non-hydrogen) atoms. The number of rotatable bonds is 13. The molecule has 2 N–H and O–H groups in total. The average Bonchev–Trinajstić information content (AvgIpc) is 2.41. The topological polar surface area (TPSA) is 38.9 Å². The molecule has 0 atom stereocenters. The monoisotopic (exact) mass is 286 g/mol. The highest BCUT2D eigenvalue weighted by atomic mass is 32.1. The summed E-state index contributed by atoms with van der Waals surface area (Å²) < 4.78 is 0. The lowest BCUT2D eigenvalue weighted by Crippen LogP contribution is -2.79. The maximum absolute atomic E-state index is 7.13. The van der Waals surface area contributed by atoms with Crippen LogP contribution in [0.15, 0.2) is 0 Å². The molecule has 0 unspecified atom stereocenters. The number of hydrogen-bond donors (Lipinski definition) is 1. The zero-order valence-corrected chi connectivity index (χ0v) is 13.9. The van der Waals surface area contributed by atoms with Crippen LogP contribution in [0.2, 0.25) is 0 Å². The highest BCUT2D eigenvalue weighted by Gasteiger charge is 1.93. The van der Waals surface area contributed by atoms with E-state index >= 15 is 0 Å². The van der Waals surface area contributed by atoms with Crippen molar-refractivity contribution in [2.24, 2.45) is 0 Å². The van der Waals surface area contributed by atoms with Crippen molar-refractivity contribution in [2.75, 3.05) is 13.6 Å². The fraction of sp³-hybridized carbons (Fsp3) is 0.938. The minimum absolute atomic E-state index is 1.32. The summed E-state index contributed by atoms with van der Waals surface area (Å²) in [4.78, 5) is 0.